The van der Waals surface area contributed by atoms with Crippen LogP contribution in [-0.2, 0) is 4.79 Å². The van der Waals surface area contributed by atoms with Crippen molar-refractivity contribution in [2.24, 2.45) is 11.7 Å². The zero-order chi connectivity index (χ0) is 19.7. The number of furan rings is 1. The van der Waals surface area contributed by atoms with Crippen LogP contribution in [0.15, 0.2) is 53.1 Å². The van der Waals surface area contributed by atoms with Gasteiger partial charge in [0.15, 0.2) is 5.76 Å². The van der Waals surface area contributed by atoms with Gasteiger partial charge in [0.05, 0.1) is 12.0 Å². The molecule has 0 radical (unpaired) electrons. The van der Waals surface area contributed by atoms with E-state index in [9.17, 15) is 9.59 Å². The summed E-state index contributed by atoms with van der Waals surface area (Å²) in [5.74, 6) is -0.0767. The second-order valence-electron chi connectivity index (χ2n) is 6.75. The maximum atomic E-state index is 13.2. The van der Waals surface area contributed by atoms with E-state index < -0.39 is 0 Å². The number of primary amides is 1. The lowest BCUT2D eigenvalue weighted by atomic mass is 9.96. The molecule has 4 rings (SSSR count). The Morgan fingerprint density at radius 1 is 1.14 bits per heavy atom. The summed E-state index contributed by atoms with van der Waals surface area (Å²) in [7, 11) is 0. The predicted molar refractivity (Wildman–Crippen MR) is 104 cm³/mol. The van der Waals surface area contributed by atoms with Gasteiger partial charge in [-0.25, -0.2) is 4.68 Å². The van der Waals surface area contributed by atoms with Crippen molar-refractivity contribution < 1.29 is 14.0 Å². The largest absolute Gasteiger partial charge is 0.463 e. The number of hydrogen-bond donors (Lipinski definition) is 1. The van der Waals surface area contributed by atoms with Gasteiger partial charge in [-0.1, -0.05) is 17.7 Å². The Labute approximate surface area is 166 Å². The molecule has 1 aliphatic rings. The fraction of sp³-hybridized carbons (Fsp3) is 0.250. The summed E-state index contributed by atoms with van der Waals surface area (Å²) in [6.45, 7) is 0.951. The van der Waals surface area contributed by atoms with Crippen LogP contribution in [0.1, 0.15) is 23.3 Å². The number of carbonyl (C=O) groups is 2. The SMILES string of the molecule is NC(=O)C1CCN(C(=O)c2cc(-c3ccco3)nn2-c2cccc(Cl)c2)CC1. The molecule has 0 unspecified atom stereocenters. The molecule has 144 valence electrons. The molecule has 0 bridgehead atoms. The van der Waals surface area contributed by atoms with Gasteiger partial charge in [-0.15, -0.1) is 0 Å². The highest BCUT2D eigenvalue weighted by atomic mass is 35.5. The number of benzene rings is 1. The number of carbonyl (C=O) groups excluding carboxylic acids is 2. The highest BCUT2D eigenvalue weighted by molar-refractivity contribution is 6.30. The molecule has 2 N–H and O–H groups in total. The van der Waals surface area contributed by atoms with Crippen LogP contribution in [0.5, 0.6) is 0 Å². The minimum Gasteiger partial charge on any atom is -0.463 e. The summed E-state index contributed by atoms with van der Waals surface area (Å²) in [6, 6.07) is 12.4. The number of nitrogens with zero attached hydrogens (tertiary/aromatic N) is 3. The Balaban J connectivity index is 1.69. The van der Waals surface area contributed by atoms with Crippen LogP contribution in [0.4, 0.5) is 0 Å². The summed E-state index contributed by atoms with van der Waals surface area (Å²) in [5, 5.41) is 5.12. The van der Waals surface area contributed by atoms with Crippen molar-refractivity contribution in [2.75, 3.05) is 13.1 Å². The van der Waals surface area contributed by atoms with Gasteiger partial charge >= 0.3 is 0 Å². The predicted octanol–water partition coefficient (Wildman–Crippen LogP) is 3.12. The van der Waals surface area contributed by atoms with Gasteiger partial charge < -0.3 is 15.1 Å². The zero-order valence-electron chi connectivity index (χ0n) is 15.0. The van der Waals surface area contributed by atoms with E-state index in [0.717, 1.165) is 0 Å². The molecule has 1 aliphatic heterocycles. The summed E-state index contributed by atoms with van der Waals surface area (Å²) in [4.78, 5) is 26.3. The van der Waals surface area contributed by atoms with Crippen molar-refractivity contribution in [2.45, 2.75) is 12.8 Å². The molecule has 0 aliphatic carbocycles. The average Bonchev–Trinajstić information content (AvgIpc) is 3.37. The smallest absolute Gasteiger partial charge is 0.272 e. The van der Waals surface area contributed by atoms with Crippen LogP contribution in [0.3, 0.4) is 0 Å². The minimum absolute atomic E-state index is 0.159. The van der Waals surface area contributed by atoms with Crippen LogP contribution in [0.25, 0.3) is 17.1 Å². The normalized spacial score (nSPS) is 15.0. The van der Waals surface area contributed by atoms with Gasteiger partial charge in [0.1, 0.15) is 11.4 Å². The van der Waals surface area contributed by atoms with Crippen LogP contribution < -0.4 is 5.73 Å². The number of piperidine rings is 1. The van der Waals surface area contributed by atoms with Crippen LogP contribution >= 0.6 is 11.6 Å². The van der Waals surface area contributed by atoms with Gasteiger partial charge in [-0.3, -0.25) is 9.59 Å². The molecular formula is C20H19ClN4O3. The molecule has 3 aromatic rings. The highest BCUT2D eigenvalue weighted by Crippen LogP contribution is 2.26. The van der Waals surface area contributed by atoms with Crippen molar-refractivity contribution in [3.63, 3.8) is 0 Å². The molecule has 0 atom stereocenters. The fourth-order valence-electron chi connectivity index (χ4n) is 3.41. The van der Waals surface area contributed by atoms with Crippen molar-refractivity contribution in [3.8, 4) is 17.1 Å². The topological polar surface area (TPSA) is 94.4 Å². The molecule has 1 saturated heterocycles. The third kappa shape index (κ3) is 3.53. The number of halogens is 1. The number of hydrogen-bond acceptors (Lipinski definition) is 4. The van der Waals surface area contributed by atoms with E-state index in [1.165, 1.54) is 0 Å². The minimum atomic E-state index is -0.309. The van der Waals surface area contributed by atoms with Crippen molar-refractivity contribution in [1.29, 1.82) is 0 Å². The Morgan fingerprint density at radius 3 is 2.57 bits per heavy atom. The lowest BCUT2D eigenvalue weighted by molar-refractivity contribution is -0.123. The van der Waals surface area contributed by atoms with E-state index in [1.54, 1.807) is 52.2 Å². The maximum Gasteiger partial charge on any atom is 0.272 e. The summed E-state index contributed by atoms with van der Waals surface area (Å²) < 4.78 is 7.01. The van der Waals surface area contributed by atoms with Gasteiger partial charge in [-0.2, -0.15) is 5.10 Å². The summed E-state index contributed by atoms with van der Waals surface area (Å²) >= 11 is 6.13. The highest BCUT2D eigenvalue weighted by Gasteiger charge is 2.29. The molecule has 3 heterocycles. The van der Waals surface area contributed by atoms with Crippen molar-refractivity contribution in [1.82, 2.24) is 14.7 Å². The molecule has 0 spiro atoms. The van der Waals surface area contributed by atoms with Gasteiger partial charge in [0, 0.05) is 30.1 Å². The molecule has 8 heteroatoms. The first-order valence-electron chi connectivity index (χ1n) is 9.01. The van der Waals surface area contributed by atoms with E-state index in [0.29, 0.717) is 53.8 Å². The maximum absolute atomic E-state index is 13.2. The Bertz CT molecular complexity index is 1000. The van der Waals surface area contributed by atoms with Crippen LogP contribution in [-0.4, -0.2) is 39.6 Å². The monoisotopic (exact) mass is 398 g/mol. The van der Waals surface area contributed by atoms with Crippen LogP contribution in [0, 0.1) is 5.92 Å². The average molecular weight is 399 g/mol. The van der Waals surface area contributed by atoms with E-state index in [1.807, 2.05) is 6.07 Å². The first-order valence-corrected chi connectivity index (χ1v) is 9.39. The van der Waals surface area contributed by atoms with Gasteiger partial charge in [-0.05, 0) is 43.2 Å². The standard InChI is InChI=1S/C20H19ClN4O3/c21-14-3-1-4-15(11-14)25-17(12-16(23-25)18-5-2-10-28-18)20(27)24-8-6-13(7-9-24)19(22)26/h1-5,10-13H,6-9H2,(H2,22,26). The summed E-state index contributed by atoms with van der Waals surface area (Å²) in [5.41, 5.74) is 7.04. The molecule has 1 fully saturated rings. The molecule has 0 saturated carbocycles. The first-order chi connectivity index (χ1) is 13.5. The first kappa shape index (κ1) is 18.3. The van der Waals surface area contributed by atoms with Gasteiger partial charge in [0.25, 0.3) is 5.91 Å². The molecule has 2 amide bonds. The lowest BCUT2D eigenvalue weighted by Crippen LogP contribution is -2.42. The van der Waals surface area contributed by atoms with E-state index >= 15 is 0 Å². The Hall–Kier alpha value is -3.06. The van der Waals surface area contributed by atoms with Crippen LogP contribution in [0.2, 0.25) is 5.02 Å². The lowest BCUT2D eigenvalue weighted by Gasteiger charge is -2.30. The second-order valence-corrected chi connectivity index (χ2v) is 7.19. The quantitative estimate of drug-likeness (QED) is 0.730. The third-order valence-electron chi connectivity index (χ3n) is 4.94. The van der Waals surface area contributed by atoms with E-state index in [4.69, 9.17) is 21.8 Å². The molecule has 1 aromatic carbocycles. The number of amides is 2. The van der Waals surface area contributed by atoms with E-state index in [-0.39, 0.29) is 17.7 Å². The molecule has 2 aromatic heterocycles. The third-order valence-corrected chi connectivity index (χ3v) is 5.17. The van der Waals surface area contributed by atoms with E-state index in [2.05, 4.69) is 5.10 Å². The number of rotatable bonds is 4. The fourth-order valence-corrected chi connectivity index (χ4v) is 3.60. The number of likely N-dealkylation sites (tertiary alicyclic amines) is 1. The molecule has 28 heavy (non-hydrogen) atoms. The Morgan fingerprint density at radius 2 is 1.93 bits per heavy atom. The van der Waals surface area contributed by atoms with Crippen molar-refractivity contribution in [3.05, 3.63) is 59.4 Å². The summed E-state index contributed by atoms with van der Waals surface area (Å²) in [6.07, 6.45) is 2.69. The zero-order valence-corrected chi connectivity index (χ0v) is 15.8. The molecular weight excluding hydrogens is 380 g/mol. The number of aromatic nitrogens is 2. The number of nitrogens with two attached hydrogens (primary N) is 1. The van der Waals surface area contributed by atoms with Crippen molar-refractivity contribution >= 4 is 23.4 Å². The second kappa shape index (κ2) is 7.52. The Kier molecular flexibility index (Phi) is 4.92. The molecule has 7 nitrogen and oxygen atoms in total. The van der Waals surface area contributed by atoms with Gasteiger partial charge in [0.2, 0.25) is 5.91 Å².